The van der Waals surface area contributed by atoms with Crippen molar-refractivity contribution in [3.8, 4) is 5.75 Å². The highest BCUT2D eigenvalue weighted by Crippen LogP contribution is 2.25. The van der Waals surface area contributed by atoms with E-state index in [0.29, 0.717) is 0 Å². The number of hydrogen-bond donors (Lipinski definition) is 2. The predicted octanol–water partition coefficient (Wildman–Crippen LogP) is 2.49. The second kappa shape index (κ2) is 3.89. The summed E-state index contributed by atoms with van der Waals surface area (Å²) < 4.78 is 1.83. The highest BCUT2D eigenvalue weighted by molar-refractivity contribution is 5.65. The van der Waals surface area contributed by atoms with Crippen molar-refractivity contribution in [1.82, 2.24) is 9.78 Å². The summed E-state index contributed by atoms with van der Waals surface area (Å²) in [7, 11) is 1.91. The van der Waals surface area contributed by atoms with Crippen LogP contribution in [0.4, 0.5) is 11.4 Å². The number of hydrogen-bond acceptors (Lipinski definition) is 3. The lowest BCUT2D eigenvalue weighted by atomic mass is 10.2. The van der Waals surface area contributed by atoms with Crippen LogP contribution in [0.5, 0.6) is 5.75 Å². The Morgan fingerprint density at radius 3 is 2.62 bits per heavy atom. The number of nitrogens with one attached hydrogen (secondary N) is 1. The largest absolute Gasteiger partial charge is 0.508 e. The molecule has 0 saturated carbocycles. The molecule has 2 aromatic rings. The van der Waals surface area contributed by atoms with Crippen LogP contribution in [-0.2, 0) is 7.05 Å². The average molecular weight is 217 g/mol. The summed E-state index contributed by atoms with van der Waals surface area (Å²) in [6.07, 6.45) is 0. The van der Waals surface area contributed by atoms with Gasteiger partial charge in [0, 0.05) is 18.8 Å². The van der Waals surface area contributed by atoms with E-state index in [2.05, 4.69) is 10.4 Å². The summed E-state index contributed by atoms with van der Waals surface area (Å²) in [5.41, 5.74) is 3.87. The van der Waals surface area contributed by atoms with Crippen molar-refractivity contribution >= 4 is 11.4 Å². The average Bonchev–Trinajstić information content (AvgIpc) is 2.45. The maximum absolute atomic E-state index is 9.37. The highest BCUT2D eigenvalue weighted by atomic mass is 16.3. The molecule has 2 rings (SSSR count). The van der Waals surface area contributed by atoms with Crippen LogP contribution >= 0.6 is 0 Å². The van der Waals surface area contributed by atoms with Gasteiger partial charge in [0.2, 0.25) is 0 Å². The van der Waals surface area contributed by atoms with Gasteiger partial charge in [0.1, 0.15) is 5.75 Å². The van der Waals surface area contributed by atoms with Crippen molar-refractivity contribution in [3.05, 3.63) is 35.7 Å². The van der Waals surface area contributed by atoms with Gasteiger partial charge in [0.25, 0.3) is 0 Å². The maximum atomic E-state index is 9.37. The number of benzene rings is 1. The van der Waals surface area contributed by atoms with Crippen LogP contribution in [0.25, 0.3) is 0 Å². The Hall–Kier alpha value is -1.97. The zero-order valence-corrected chi connectivity index (χ0v) is 9.65. The number of phenolic OH excluding ortho intramolecular Hbond substituents is 1. The number of phenols is 1. The van der Waals surface area contributed by atoms with E-state index in [-0.39, 0.29) is 5.75 Å². The number of aromatic nitrogens is 2. The first-order chi connectivity index (χ1) is 7.58. The molecule has 0 spiro atoms. The molecule has 1 aromatic carbocycles. The van der Waals surface area contributed by atoms with Crippen LogP contribution in [0.3, 0.4) is 0 Å². The molecular formula is C12H15N3O. The summed E-state index contributed by atoms with van der Waals surface area (Å²) in [4.78, 5) is 0. The number of aryl methyl sites for hydroxylation is 2. The second-order valence-electron chi connectivity index (χ2n) is 3.84. The van der Waals surface area contributed by atoms with Crippen molar-refractivity contribution in [2.45, 2.75) is 13.8 Å². The van der Waals surface area contributed by atoms with Gasteiger partial charge in [0.15, 0.2) is 0 Å². The highest BCUT2D eigenvalue weighted by Gasteiger charge is 2.09. The minimum absolute atomic E-state index is 0.254. The lowest BCUT2D eigenvalue weighted by Crippen LogP contribution is -1.95. The van der Waals surface area contributed by atoms with Crippen LogP contribution < -0.4 is 5.32 Å². The molecule has 84 valence electrons. The minimum atomic E-state index is 0.254. The Morgan fingerprint density at radius 1 is 1.31 bits per heavy atom. The molecule has 1 heterocycles. The summed E-state index contributed by atoms with van der Waals surface area (Å²) in [6, 6.07) is 7.05. The van der Waals surface area contributed by atoms with Gasteiger partial charge in [-0.15, -0.1) is 0 Å². The fourth-order valence-corrected chi connectivity index (χ4v) is 1.68. The fourth-order valence-electron chi connectivity index (χ4n) is 1.68. The van der Waals surface area contributed by atoms with Gasteiger partial charge in [-0.25, -0.2) is 0 Å². The van der Waals surface area contributed by atoms with Crippen molar-refractivity contribution in [2.24, 2.45) is 7.05 Å². The van der Waals surface area contributed by atoms with E-state index in [1.54, 1.807) is 18.2 Å². The SMILES string of the molecule is Cc1nn(C)c(C)c1Nc1cccc(O)c1. The first-order valence-electron chi connectivity index (χ1n) is 5.14. The molecule has 4 heteroatoms. The molecule has 16 heavy (non-hydrogen) atoms. The second-order valence-corrected chi connectivity index (χ2v) is 3.84. The number of nitrogens with zero attached hydrogens (tertiary/aromatic N) is 2. The molecule has 0 amide bonds. The van der Waals surface area contributed by atoms with Crippen LogP contribution in [0, 0.1) is 13.8 Å². The van der Waals surface area contributed by atoms with Gasteiger partial charge < -0.3 is 10.4 Å². The monoisotopic (exact) mass is 217 g/mol. The molecule has 0 atom stereocenters. The fraction of sp³-hybridized carbons (Fsp3) is 0.250. The lowest BCUT2D eigenvalue weighted by molar-refractivity contribution is 0.475. The maximum Gasteiger partial charge on any atom is 0.117 e. The Labute approximate surface area is 94.5 Å². The molecule has 2 N–H and O–H groups in total. The van der Waals surface area contributed by atoms with Gasteiger partial charge >= 0.3 is 0 Å². The van der Waals surface area contributed by atoms with E-state index in [1.165, 1.54) is 0 Å². The van der Waals surface area contributed by atoms with Crippen LogP contribution in [0.1, 0.15) is 11.4 Å². The van der Waals surface area contributed by atoms with E-state index < -0.39 is 0 Å². The Bertz CT molecular complexity index is 517. The smallest absolute Gasteiger partial charge is 0.117 e. The Balaban J connectivity index is 2.34. The third-order valence-electron chi connectivity index (χ3n) is 2.62. The van der Waals surface area contributed by atoms with Gasteiger partial charge in [0.05, 0.1) is 17.1 Å². The molecular weight excluding hydrogens is 202 g/mol. The molecule has 0 unspecified atom stereocenters. The molecule has 0 aliphatic heterocycles. The zero-order valence-electron chi connectivity index (χ0n) is 9.65. The normalized spacial score (nSPS) is 10.4. The number of aromatic hydroxyl groups is 1. The van der Waals surface area contributed by atoms with Crippen molar-refractivity contribution in [3.63, 3.8) is 0 Å². The van der Waals surface area contributed by atoms with Crippen molar-refractivity contribution in [1.29, 1.82) is 0 Å². The Kier molecular flexibility index (Phi) is 2.56. The van der Waals surface area contributed by atoms with E-state index in [1.807, 2.05) is 31.6 Å². The van der Waals surface area contributed by atoms with Crippen molar-refractivity contribution in [2.75, 3.05) is 5.32 Å². The van der Waals surface area contributed by atoms with Gasteiger partial charge in [-0.1, -0.05) is 6.07 Å². The van der Waals surface area contributed by atoms with Gasteiger partial charge in [-0.3, -0.25) is 4.68 Å². The summed E-state index contributed by atoms with van der Waals surface area (Å²) in [6.45, 7) is 3.96. The standard InChI is InChI=1S/C12H15N3O/c1-8-12(9(2)15(3)14-8)13-10-5-4-6-11(16)7-10/h4-7,13,16H,1-3H3. The van der Waals surface area contributed by atoms with Gasteiger partial charge in [-0.2, -0.15) is 5.10 Å². The van der Waals surface area contributed by atoms with E-state index in [9.17, 15) is 5.11 Å². The molecule has 1 aromatic heterocycles. The summed E-state index contributed by atoms with van der Waals surface area (Å²) in [5, 5.41) is 17.0. The lowest BCUT2D eigenvalue weighted by Gasteiger charge is -2.06. The predicted molar refractivity (Wildman–Crippen MR) is 64.1 cm³/mol. The van der Waals surface area contributed by atoms with Gasteiger partial charge in [-0.05, 0) is 26.0 Å². The molecule has 0 fully saturated rings. The molecule has 0 saturated heterocycles. The molecule has 0 aliphatic carbocycles. The zero-order chi connectivity index (χ0) is 11.7. The first kappa shape index (κ1) is 10.5. The van der Waals surface area contributed by atoms with Crippen molar-refractivity contribution < 1.29 is 5.11 Å². The van der Waals surface area contributed by atoms with Crippen LogP contribution in [-0.4, -0.2) is 14.9 Å². The molecule has 0 radical (unpaired) electrons. The number of rotatable bonds is 2. The molecule has 0 bridgehead atoms. The van der Waals surface area contributed by atoms with Crippen LogP contribution in [0.15, 0.2) is 24.3 Å². The minimum Gasteiger partial charge on any atom is -0.508 e. The van der Waals surface area contributed by atoms with E-state index in [0.717, 1.165) is 22.8 Å². The molecule has 4 nitrogen and oxygen atoms in total. The third-order valence-corrected chi connectivity index (χ3v) is 2.62. The van der Waals surface area contributed by atoms with E-state index >= 15 is 0 Å². The number of anilines is 2. The third kappa shape index (κ3) is 1.86. The summed E-state index contributed by atoms with van der Waals surface area (Å²) in [5.74, 6) is 0.254. The topological polar surface area (TPSA) is 50.1 Å². The molecule has 0 aliphatic rings. The Morgan fingerprint density at radius 2 is 2.06 bits per heavy atom. The van der Waals surface area contributed by atoms with Crippen LogP contribution in [0.2, 0.25) is 0 Å². The first-order valence-corrected chi connectivity index (χ1v) is 5.14. The van der Waals surface area contributed by atoms with E-state index in [4.69, 9.17) is 0 Å². The quantitative estimate of drug-likeness (QED) is 0.812. The summed E-state index contributed by atoms with van der Waals surface area (Å²) >= 11 is 0.